The lowest BCUT2D eigenvalue weighted by Crippen LogP contribution is -2.40. The van der Waals surface area contributed by atoms with E-state index in [1.165, 1.54) is 45.1 Å². The van der Waals surface area contributed by atoms with E-state index >= 15 is 0 Å². The third kappa shape index (κ3) is 5.39. The van der Waals surface area contributed by atoms with Gasteiger partial charge in [-0.2, -0.15) is 0 Å². The molecule has 1 N–H and O–H groups in total. The van der Waals surface area contributed by atoms with Gasteiger partial charge in [0.2, 0.25) is 0 Å². The van der Waals surface area contributed by atoms with E-state index in [1.54, 1.807) is 0 Å². The summed E-state index contributed by atoms with van der Waals surface area (Å²) in [5, 5.41) is 3.71. The Hall–Kier alpha value is -0.0800. The zero-order chi connectivity index (χ0) is 12.7. The van der Waals surface area contributed by atoms with Crippen molar-refractivity contribution in [3.63, 3.8) is 0 Å². The van der Waals surface area contributed by atoms with Gasteiger partial charge in [-0.15, -0.1) is 0 Å². The topological polar surface area (TPSA) is 15.3 Å². The highest BCUT2D eigenvalue weighted by Crippen LogP contribution is 2.33. The minimum atomic E-state index is 0.750. The molecule has 0 aromatic heterocycles. The Balaban J connectivity index is 2.36. The third-order valence-electron chi connectivity index (χ3n) is 4.39. The van der Waals surface area contributed by atoms with Crippen LogP contribution in [0.15, 0.2) is 0 Å². The highest BCUT2D eigenvalue weighted by atomic mass is 15.1. The lowest BCUT2D eigenvalue weighted by Gasteiger charge is -2.34. The van der Waals surface area contributed by atoms with Crippen LogP contribution in [0, 0.1) is 11.8 Å². The maximum atomic E-state index is 3.71. The summed E-state index contributed by atoms with van der Waals surface area (Å²) in [6.07, 6.45) is 8.52. The fraction of sp³-hybridized carbons (Fsp3) is 1.00. The maximum absolute atomic E-state index is 3.71. The molecule has 0 aliphatic heterocycles. The molecule has 1 rings (SSSR count). The molecule has 0 saturated heterocycles. The Kier molecular flexibility index (Phi) is 7.14. The summed E-state index contributed by atoms with van der Waals surface area (Å²) in [5.41, 5.74) is 0. The van der Waals surface area contributed by atoms with Gasteiger partial charge in [-0.3, -0.25) is 0 Å². The lowest BCUT2D eigenvalue weighted by atomic mass is 9.77. The summed E-state index contributed by atoms with van der Waals surface area (Å²) in [6.45, 7) is 6.91. The zero-order valence-corrected chi connectivity index (χ0v) is 12.3. The summed E-state index contributed by atoms with van der Waals surface area (Å²) in [6, 6.07) is 0.750. The van der Waals surface area contributed by atoms with E-state index in [9.17, 15) is 0 Å². The Morgan fingerprint density at radius 2 is 1.76 bits per heavy atom. The van der Waals surface area contributed by atoms with Crippen LogP contribution < -0.4 is 5.32 Å². The van der Waals surface area contributed by atoms with E-state index in [0.29, 0.717) is 0 Å². The molecule has 0 spiro atoms. The average Bonchev–Trinajstić information content (AvgIpc) is 2.34. The summed E-state index contributed by atoms with van der Waals surface area (Å²) in [7, 11) is 4.36. The van der Waals surface area contributed by atoms with Crippen LogP contribution in [-0.2, 0) is 0 Å². The van der Waals surface area contributed by atoms with Crippen LogP contribution >= 0.6 is 0 Å². The quantitative estimate of drug-likeness (QED) is 0.735. The second-order valence-corrected chi connectivity index (χ2v) is 5.95. The highest BCUT2D eigenvalue weighted by molar-refractivity contribution is 4.82. The Morgan fingerprint density at radius 3 is 2.24 bits per heavy atom. The van der Waals surface area contributed by atoms with Crippen molar-refractivity contribution in [3.05, 3.63) is 0 Å². The van der Waals surface area contributed by atoms with Gasteiger partial charge in [-0.25, -0.2) is 0 Å². The van der Waals surface area contributed by atoms with Crippen molar-refractivity contribution < 1.29 is 0 Å². The summed E-state index contributed by atoms with van der Waals surface area (Å²) in [4.78, 5) is 2.31. The predicted molar refractivity (Wildman–Crippen MR) is 76.4 cm³/mol. The number of hydrogen-bond acceptors (Lipinski definition) is 2. The van der Waals surface area contributed by atoms with E-state index < -0.39 is 0 Å². The number of rotatable bonds is 7. The van der Waals surface area contributed by atoms with Gasteiger partial charge in [0.05, 0.1) is 0 Å². The molecule has 1 fully saturated rings. The van der Waals surface area contributed by atoms with Gasteiger partial charge in [0, 0.05) is 6.04 Å². The van der Waals surface area contributed by atoms with Crippen LogP contribution in [0.5, 0.6) is 0 Å². The van der Waals surface area contributed by atoms with Crippen molar-refractivity contribution in [2.45, 2.75) is 58.4 Å². The van der Waals surface area contributed by atoms with E-state index in [0.717, 1.165) is 24.4 Å². The van der Waals surface area contributed by atoms with Crippen LogP contribution in [-0.4, -0.2) is 38.1 Å². The molecule has 0 aromatic carbocycles. The monoisotopic (exact) mass is 240 g/mol. The number of nitrogens with zero attached hydrogens (tertiary/aromatic N) is 1. The zero-order valence-electron chi connectivity index (χ0n) is 12.3. The van der Waals surface area contributed by atoms with Crippen molar-refractivity contribution in [1.29, 1.82) is 0 Å². The normalized spacial score (nSPS) is 27.4. The summed E-state index contributed by atoms with van der Waals surface area (Å²) >= 11 is 0. The fourth-order valence-corrected chi connectivity index (χ4v) is 3.16. The predicted octanol–water partition coefficient (Wildman–Crippen LogP) is 3.13. The lowest BCUT2D eigenvalue weighted by molar-refractivity contribution is 0.203. The van der Waals surface area contributed by atoms with Gasteiger partial charge >= 0.3 is 0 Å². The Labute approximate surface area is 108 Å². The van der Waals surface area contributed by atoms with Crippen molar-refractivity contribution >= 4 is 0 Å². The molecule has 2 nitrogen and oxygen atoms in total. The van der Waals surface area contributed by atoms with E-state index in [2.05, 4.69) is 38.2 Å². The molecule has 1 aliphatic rings. The van der Waals surface area contributed by atoms with E-state index in [4.69, 9.17) is 0 Å². The molecular weight excluding hydrogens is 208 g/mol. The van der Waals surface area contributed by atoms with Gasteiger partial charge in [0.15, 0.2) is 0 Å². The Bertz CT molecular complexity index is 183. The molecule has 2 heteroatoms. The number of hydrogen-bond donors (Lipinski definition) is 1. The van der Waals surface area contributed by atoms with Crippen molar-refractivity contribution in [3.8, 4) is 0 Å². The fourth-order valence-electron chi connectivity index (χ4n) is 3.16. The molecule has 0 bridgehead atoms. The molecule has 1 aliphatic carbocycles. The first-order chi connectivity index (χ1) is 8.17. The molecule has 1 atom stereocenters. The first-order valence-electron chi connectivity index (χ1n) is 7.55. The first kappa shape index (κ1) is 15.0. The summed E-state index contributed by atoms with van der Waals surface area (Å²) < 4.78 is 0. The van der Waals surface area contributed by atoms with E-state index in [1.807, 2.05) is 0 Å². The smallest absolute Gasteiger partial charge is 0.0107 e. The van der Waals surface area contributed by atoms with Gasteiger partial charge in [0.25, 0.3) is 0 Å². The molecule has 102 valence electrons. The van der Waals surface area contributed by atoms with Crippen molar-refractivity contribution in [2.75, 3.05) is 27.2 Å². The van der Waals surface area contributed by atoms with E-state index in [-0.39, 0.29) is 0 Å². The minimum Gasteiger partial charge on any atom is -0.314 e. The van der Waals surface area contributed by atoms with Crippen LogP contribution in [0.4, 0.5) is 0 Å². The largest absolute Gasteiger partial charge is 0.314 e. The second-order valence-electron chi connectivity index (χ2n) is 5.95. The molecule has 0 amide bonds. The maximum Gasteiger partial charge on any atom is 0.0107 e. The molecular formula is C15H32N2. The van der Waals surface area contributed by atoms with Gasteiger partial charge in [0.1, 0.15) is 0 Å². The van der Waals surface area contributed by atoms with Gasteiger partial charge in [-0.1, -0.05) is 33.1 Å². The molecule has 1 unspecified atom stereocenters. The van der Waals surface area contributed by atoms with Crippen molar-refractivity contribution in [1.82, 2.24) is 10.2 Å². The minimum absolute atomic E-state index is 0.750. The van der Waals surface area contributed by atoms with Crippen molar-refractivity contribution in [2.24, 2.45) is 11.8 Å². The molecule has 1 saturated carbocycles. The number of nitrogens with one attached hydrogen (secondary N) is 1. The molecule has 0 aromatic rings. The average molecular weight is 240 g/mol. The van der Waals surface area contributed by atoms with Gasteiger partial charge < -0.3 is 10.2 Å². The standard InChI is InChI=1S/C15H32N2/c1-5-13-7-9-14(10-8-13)15(16-6-2)11-12-17(3)4/h13-16H,5-12H2,1-4H3. The molecule has 0 radical (unpaired) electrons. The second kappa shape index (κ2) is 8.10. The molecule has 17 heavy (non-hydrogen) atoms. The third-order valence-corrected chi connectivity index (χ3v) is 4.39. The summed E-state index contributed by atoms with van der Waals surface area (Å²) in [5.74, 6) is 1.94. The Morgan fingerprint density at radius 1 is 1.12 bits per heavy atom. The van der Waals surface area contributed by atoms with Crippen LogP contribution in [0.1, 0.15) is 52.4 Å². The highest BCUT2D eigenvalue weighted by Gasteiger charge is 2.26. The van der Waals surface area contributed by atoms with Crippen LogP contribution in [0.25, 0.3) is 0 Å². The first-order valence-corrected chi connectivity index (χ1v) is 7.55. The SMILES string of the molecule is CCNC(CCN(C)C)C1CCC(CC)CC1. The van der Waals surface area contributed by atoms with Crippen LogP contribution in [0.2, 0.25) is 0 Å². The molecule has 0 heterocycles. The van der Waals surface area contributed by atoms with Gasteiger partial charge in [-0.05, 0) is 58.3 Å². The van der Waals surface area contributed by atoms with Crippen LogP contribution in [0.3, 0.4) is 0 Å².